The molecule has 2 heterocycles. The van der Waals surface area contributed by atoms with Crippen molar-refractivity contribution in [3.63, 3.8) is 0 Å². The summed E-state index contributed by atoms with van der Waals surface area (Å²) in [7, 11) is -2.91. The molecule has 0 aliphatic heterocycles. The van der Waals surface area contributed by atoms with Crippen LogP contribution in [-0.4, -0.2) is 30.9 Å². The first kappa shape index (κ1) is 16.1. The number of benzene rings is 1. The molecule has 0 aliphatic rings. The predicted octanol–water partition coefficient (Wildman–Crippen LogP) is 1.57. The van der Waals surface area contributed by atoms with Crippen LogP contribution < -0.4 is 5.14 Å². The number of esters is 1. The maximum absolute atomic E-state index is 13.6. The van der Waals surface area contributed by atoms with Gasteiger partial charge in [0.25, 0.3) is 0 Å². The molecule has 124 valence electrons. The first-order valence-electron chi connectivity index (χ1n) is 6.69. The van der Waals surface area contributed by atoms with Gasteiger partial charge in [-0.25, -0.2) is 27.7 Å². The number of hydrogen-bond donors (Lipinski definition) is 1. The number of sulfonamides is 1. The average Bonchev–Trinajstić information content (AvgIpc) is 2.96. The monoisotopic (exact) mass is 349 g/mol. The summed E-state index contributed by atoms with van der Waals surface area (Å²) in [5.74, 6) is -1.43. The van der Waals surface area contributed by atoms with Crippen molar-refractivity contribution < 1.29 is 22.3 Å². The minimum Gasteiger partial charge on any atom is -0.465 e. The molecule has 0 atom stereocenters. The number of primary sulfonamides is 1. The highest BCUT2D eigenvalue weighted by Gasteiger charge is 2.17. The van der Waals surface area contributed by atoms with Crippen LogP contribution >= 0.6 is 0 Å². The molecule has 0 saturated carbocycles. The number of halogens is 1. The Bertz CT molecular complexity index is 1060. The number of pyridine rings is 1. The molecule has 9 heteroatoms. The van der Waals surface area contributed by atoms with Crippen LogP contribution in [-0.2, 0) is 14.8 Å². The maximum atomic E-state index is 13.6. The molecule has 0 unspecified atom stereocenters. The van der Waals surface area contributed by atoms with Crippen LogP contribution in [0, 0.1) is 5.82 Å². The molecule has 0 saturated heterocycles. The molecule has 2 aromatic heterocycles. The SMILES string of the molecule is COC(=O)c1ccc2nc(-c3ccc(F)c(S(N)(=O)=O)c3)cn2c1. The highest BCUT2D eigenvalue weighted by molar-refractivity contribution is 7.89. The van der Waals surface area contributed by atoms with E-state index in [0.717, 1.165) is 12.1 Å². The molecule has 0 radical (unpaired) electrons. The van der Waals surface area contributed by atoms with Gasteiger partial charge in [0.05, 0.1) is 18.4 Å². The van der Waals surface area contributed by atoms with E-state index >= 15 is 0 Å². The first-order chi connectivity index (χ1) is 11.3. The van der Waals surface area contributed by atoms with Gasteiger partial charge in [-0.1, -0.05) is 0 Å². The van der Waals surface area contributed by atoms with Gasteiger partial charge in [-0.2, -0.15) is 0 Å². The fourth-order valence-electron chi connectivity index (χ4n) is 2.25. The van der Waals surface area contributed by atoms with E-state index in [1.165, 1.54) is 19.4 Å². The topological polar surface area (TPSA) is 104 Å². The second kappa shape index (κ2) is 5.69. The summed E-state index contributed by atoms with van der Waals surface area (Å²) in [5.41, 5.74) is 1.64. The van der Waals surface area contributed by atoms with E-state index in [2.05, 4.69) is 9.72 Å². The van der Waals surface area contributed by atoms with E-state index in [9.17, 15) is 17.6 Å². The van der Waals surface area contributed by atoms with Gasteiger partial charge in [-0.05, 0) is 30.3 Å². The first-order valence-corrected chi connectivity index (χ1v) is 8.24. The lowest BCUT2D eigenvalue weighted by Gasteiger charge is -2.02. The lowest BCUT2D eigenvalue weighted by Crippen LogP contribution is -2.14. The molecule has 0 fully saturated rings. The number of nitrogens with two attached hydrogens (primary N) is 1. The number of nitrogens with zero attached hydrogens (tertiary/aromatic N) is 2. The Labute approximate surface area is 136 Å². The predicted molar refractivity (Wildman–Crippen MR) is 83.3 cm³/mol. The zero-order valence-electron chi connectivity index (χ0n) is 12.4. The van der Waals surface area contributed by atoms with Crippen molar-refractivity contribution in [1.29, 1.82) is 0 Å². The van der Waals surface area contributed by atoms with Crippen molar-refractivity contribution in [1.82, 2.24) is 9.38 Å². The second-order valence-corrected chi connectivity index (χ2v) is 6.52. The van der Waals surface area contributed by atoms with Crippen molar-refractivity contribution in [2.75, 3.05) is 7.11 Å². The number of fused-ring (bicyclic) bond motifs is 1. The fraction of sp³-hybridized carbons (Fsp3) is 0.0667. The van der Waals surface area contributed by atoms with Gasteiger partial charge in [0.2, 0.25) is 10.0 Å². The summed E-state index contributed by atoms with van der Waals surface area (Å²) in [5, 5.41) is 5.00. The Morgan fingerprint density at radius 2 is 2.00 bits per heavy atom. The Balaban J connectivity index is 2.12. The Kier molecular flexibility index (Phi) is 3.82. The molecule has 0 spiro atoms. The van der Waals surface area contributed by atoms with Crippen LogP contribution in [0.1, 0.15) is 10.4 Å². The van der Waals surface area contributed by atoms with Crippen LogP contribution in [0.2, 0.25) is 0 Å². The highest BCUT2D eigenvalue weighted by Crippen LogP contribution is 2.24. The maximum Gasteiger partial charge on any atom is 0.339 e. The Morgan fingerprint density at radius 3 is 2.67 bits per heavy atom. The highest BCUT2D eigenvalue weighted by atomic mass is 32.2. The Morgan fingerprint density at radius 1 is 1.25 bits per heavy atom. The van der Waals surface area contributed by atoms with Crippen molar-refractivity contribution in [3.05, 3.63) is 54.1 Å². The number of hydrogen-bond acceptors (Lipinski definition) is 5. The standard InChI is InChI=1S/C15H12FN3O4S/c1-23-15(20)10-3-5-14-18-12(8-19(14)7-10)9-2-4-11(16)13(6-9)24(17,21)22/h2-8H,1H3,(H2,17,21,22). The summed E-state index contributed by atoms with van der Waals surface area (Å²) in [6, 6.07) is 6.69. The van der Waals surface area contributed by atoms with E-state index in [1.807, 2.05) is 0 Å². The summed E-state index contributed by atoms with van der Waals surface area (Å²) >= 11 is 0. The van der Waals surface area contributed by atoms with Crippen LogP contribution in [0.3, 0.4) is 0 Å². The molecule has 2 N–H and O–H groups in total. The fourth-order valence-corrected chi connectivity index (χ4v) is 2.88. The van der Waals surface area contributed by atoms with Gasteiger partial charge in [0.1, 0.15) is 16.4 Å². The summed E-state index contributed by atoms with van der Waals surface area (Å²) in [6.07, 6.45) is 3.11. The van der Waals surface area contributed by atoms with Crippen LogP contribution in [0.15, 0.2) is 47.6 Å². The van der Waals surface area contributed by atoms with Gasteiger partial charge in [0.15, 0.2) is 0 Å². The number of aromatic nitrogens is 2. The van der Waals surface area contributed by atoms with Gasteiger partial charge in [-0.15, -0.1) is 0 Å². The number of carbonyl (C=O) groups is 1. The van der Waals surface area contributed by atoms with E-state index in [0.29, 0.717) is 22.5 Å². The van der Waals surface area contributed by atoms with E-state index in [1.54, 1.807) is 22.7 Å². The van der Waals surface area contributed by atoms with Crippen molar-refractivity contribution >= 4 is 21.6 Å². The van der Waals surface area contributed by atoms with E-state index < -0.39 is 26.7 Å². The third-order valence-corrected chi connectivity index (χ3v) is 4.33. The molecule has 1 aromatic carbocycles. The summed E-state index contributed by atoms with van der Waals surface area (Å²) in [6.45, 7) is 0. The minimum absolute atomic E-state index is 0.332. The Hall–Kier alpha value is -2.78. The normalized spacial score (nSPS) is 11.6. The third kappa shape index (κ3) is 2.86. The second-order valence-electron chi connectivity index (χ2n) is 4.99. The lowest BCUT2D eigenvalue weighted by atomic mass is 10.2. The minimum atomic E-state index is -4.19. The third-order valence-electron chi connectivity index (χ3n) is 3.41. The largest absolute Gasteiger partial charge is 0.465 e. The summed E-state index contributed by atoms with van der Waals surface area (Å²) in [4.78, 5) is 15.3. The molecular formula is C15H12FN3O4S. The quantitative estimate of drug-likeness (QED) is 0.723. The molecule has 0 amide bonds. The molecule has 0 bridgehead atoms. The number of rotatable bonds is 3. The zero-order valence-corrected chi connectivity index (χ0v) is 13.2. The smallest absolute Gasteiger partial charge is 0.339 e. The lowest BCUT2D eigenvalue weighted by molar-refractivity contribution is 0.0600. The van der Waals surface area contributed by atoms with Crippen molar-refractivity contribution in [2.24, 2.45) is 5.14 Å². The van der Waals surface area contributed by atoms with Gasteiger partial charge in [-0.3, -0.25) is 0 Å². The molecule has 7 nitrogen and oxygen atoms in total. The van der Waals surface area contributed by atoms with Gasteiger partial charge >= 0.3 is 5.97 Å². The van der Waals surface area contributed by atoms with E-state index in [4.69, 9.17) is 5.14 Å². The molecule has 3 aromatic rings. The van der Waals surface area contributed by atoms with Crippen LogP contribution in [0.4, 0.5) is 4.39 Å². The molecule has 24 heavy (non-hydrogen) atoms. The van der Waals surface area contributed by atoms with Gasteiger partial charge < -0.3 is 9.14 Å². The molecular weight excluding hydrogens is 337 g/mol. The zero-order chi connectivity index (χ0) is 17.5. The van der Waals surface area contributed by atoms with Gasteiger partial charge in [0, 0.05) is 18.0 Å². The average molecular weight is 349 g/mol. The van der Waals surface area contributed by atoms with Crippen LogP contribution in [0.25, 0.3) is 16.9 Å². The number of methoxy groups -OCH3 is 1. The number of imidazole rings is 1. The number of carbonyl (C=O) groups excluding carboxylic acids is 1. The number of ether oxygens (including phenoxy) is 1. The van der Waals surface area contributed by atoms with E-state index in [-0.39, 0.29) is 0 Å². The molecule has 0 aliphatic carbocycles. The van der Waals surface area contributed by atoms with Crippen LogP contribution in [0.5, 0.6) is 0 Å². The van der Waals surface area contributed by atoms with Crippen molar-refractivity contribution in [3.8, 4) is 11.3 Å². The molecule has 3 rings (SSSR count). The summed E-state index contributed by atoms with van der Waals surface area (Å²) < 4.78 is 42.7. The van der Waals surface area contributed by atoms with Crippen molar-refractivity contribution in [2.45, 2.75) is 4.90 Å².